The Morgan fingerprint density at radius 3 is 2.32 bits per heavy atom. The third kappa shape index (κ3) is 4.21. The maximum atomic E-state index is 11.5. The minimum absolute atomic E-state index is 0.0276. The summed E-state index contributed by atoms with van der Waals surface area (Å²) in [7, 11) is 1.65. The van der Waals surface area contributed by atoms with Crippen LogP contribution in [0.15, 0.2) is 54.6 Å². The highest BCUT2D eigenvalue weighted by molar-refractivity contribution is 5.35. The quantitative estimate of drug-likeness (QED) is 0.877. The maximum absolute atomic E-state index is 11.5. The van der Waals surface area contributed by atoms with E-state index in [2.05, 4.69) is 17.0 Å². The number of morpholine rings is 1. The van der Waals surface area contributed by atoms with Gasteiger partial charge in [-0.3, -0.25) is 4.90 Å². The predicted molar refractivity (Wildman–Crippen MR) is 99.0 cm³/mol. The van der Waals surface area contributed by atoms with E-state index < -0.39 is 5.60 Å². The van der Waals surface area contributed by atoms with Crippen LogP contribution in [0.1, 0.15) is 24.0 Å². The average molecular weight is 341 g/mol. The van der Waals surface area contributed by atoms with Gasteiger partial charge in [-0.05, 0) is 30.2 Å². The zero-order chi connectivity index (χ0) is 17.7. The molecule has 1 aliphatic heterocycles. The van der Waals surface area contributed by atoms with Gasteiger partial charge in [-0.1, -0.05) is 42.5 Å². The lowest BCUT2D eigenvalue weighted by Crippen LogP contribution is -2.43. The van der Waals surface area contributed by atoms with Crippen LogP contribution in [-0.2, 0) is 10.3 Å². The summed E-state index contributed by atoms with van der Waals surface area (Å²) in [4.78, 5) is 2.37. The van der Waals surface area contributed by atoms with Crippen molar-refractivity contribution in [2.24, 2.45) is 0 Å². The van der Waals surface area contributed by atoms with Crippen LogP contribution in [0.2, 0.25) is 0 Å². The normalized spacial score (nSPS) is 19.2. The van der Waals surface area contributed by atoms with Crippen molar-refractivity contribution in [3.63, 3.8) is 0 Å². The first kappa shape index (κ1) is 17.9. The Bertz CT molecular complexity index is 649. The van der Waals surface area contributed by atoms with Gasteiger partial charge in [-0.2, -0.15) is 0 Å². The summed E-state index contributed by atoms with van der Waals surface area (Å²) in [5.41, 5.74) is 1.07. The Hall–Kier alpha value is -1.88. The summed E-state index contributed by atoms with van der Waals surface area (Å²) in [5, 5.41) is 11.5. The van der Waals surface area contributed by atoms with E-state index in [0.29, 0.717) is 0 Å². The van der Waals surface area contributed by atoms with Gasteiger partial charge >= 0.3 is 0 Å². The van der Waals surface area contributed by atoms with Crippen LogP contribution in [0.5, 0.6) is 5.75 Å². The summed E-state index contributed by atoms with van der Waals surface area (Å²) in [6.07, 6.45) is 0. The molecule has 0 spiro atoms. The van der Waals surface area contributed by atoms with E-state index in [1.165, 1.54) is 0 Å². The smallest absolute Gasteiger partial charge is 0.118 e. The molecular formula is C21H27NO3. The molecule has 1 fully saturated rings. The molecule has 2 aromatic carbocycles. The third-order valence-electron chi connectivity index (χ3n) is 5.10. The summed E-state index contributed by atoms with van der Waals surface area (Å²) < 4.78 is 10.7. The van der Waals surface area contributed by atoms with Crippen LogP contribution < -0.4 is 4.74 Å². The van der Waals surface area contributed by atoms with E-state index in [1.807, 2.05) is 49.4 Å². The van der Waals surface area contributed by atoms with Crippen molar-refractivity contribution in [1.29, 1.82) is 0 Å². The molecule has 0 amide bonds. The highest BCUT2D eigenvalue weighted by atomic mass is 16.5. The number of ether oxygens (including phenoxy) is 2. The summed E-state index contributed by atoms with van der Waals surface area (Å²) in [5.74, 6) is 0.768. The van der Waals surface area contributed by atoms with Gasteiger partial charge in [-0.25, -0.2) is 0 Å². The lowest BCUT2D eigenvalue weighted by Gasteiger charge is -2.38. The van der Waals surface area contributed by atoms with Gasteiger partial charge in [-0.15, -0.1) is 0 Å². The second-order valence-corrected chi connectivity index (χ2v) is 6.75. The van der Waals surface area contributed by atoms with Crippen LogP contribution in [0.25, 0.3) is 0 Å². The van der Waals surface area contributed by atoms with Crippen LogP contribution in [0, 0.1) is 0 Å². The zero-order valence-electron chi connectivity index (χ0n) is 15.0. The first-order chi connectivity index (χ1) is 12.1. The molecule has 0 radical (unpaired) electrons. The van der Waals surface area contributed by atoms with Crippen molar-refractivity contribution in [2.75, 3.05) is 40.0 Å². The summed E-state index contributed by atoms with van der Waals surface area (Å²) >= 11 is 0. The lowest BCUT2D eigenvalue weighted by atomic mass is 9.78. The summed E-state index contributed by atoms with van der Waals surface area (Å²) in [6, 6.07) is 18.0. The van der Waals surface area contributed by atoms with Crippen molar-refractivity contribution >= 4 is 0 Å². The molecule has 0 bridgehead atoms. The van der Waals surface area contributed by atoms with Crippen molar-refractivity contribution in [2.45, 2.75) is 18.4 Å². The van der Waals surface area contributed by atoms with E-state index >= 15 is 0 Å². The van der Waals surface area contributed by atoms with E-state index in [9.17, 15) is 5.11 Å². The molecule has 1 saturated heterocycles. The van der Waals surface area contributed by atoms with E-state index in [1.54, 1.807) is 7.11 Å². The Labute approximate surface area is 150 Å². The van der Waals surface area contributed by atoms with Crippen LogP contribution in [-0.4, -0.2) is 50.0 Å². The van der Waals surface area contributed by atoms with Gasteiger partial charge in [0.1, 0.15) is 5.75 Å². The summed E-state index contributed by atoms with van der Waals surface area (Å²) in [6.45, 7) is 6.03. The topological polar surface area (TPSA) is 41.9 Å². The molecule has 134 valence electrons. The largest absolute Gasteiger partial charge is 0.497 e. The highest BCUT2D eigenvalue weighted by Gasteiger charge is 2.36. The molecule has 0 saturated carbocycles. The molecule has 2 aromatic rings. The van der Waals surface area contributed by atoms with Gasteiger partial charge in [0.2, 0.25) is 0 Å². The monoisotopic (exact) mass is 341 g/mol. The fourth-order valence-corrected chi connectivity index (χ4v) is 3.46. The van der Waals surface area contributed by atoms with Crippen molar-refractivity contribution < 1.29 is 14.6 Å². The standard InChI is InChI=1S/C21H27NO3/c1-21(23,18-8-10-19(24-2)11-9-18)20(17-6-4-3-5-7-17)16-22-12-14-25-15-13-22/h3-11,20,23H,12-16H2,1-2H3/t20-,21+/m0/s1. The van der Waals surface area contributed by atoms with E-state index in [0.717, 1.165) is 49.7 Å². The van der Waals surface area contributed by atoms with Crippen LogP contribution in [0.4, 0.5) is 0 Å². The number of methoxy groups -OCH3 is 1. The minimum atomic E-state index is -0.980. The first-order valence-electron chi connectivity index (χ1n) is 8.83. The number of aliphatic hydroxyl groups is 1. The molecule has 0 unspecified atom stereocenters. The molecule has 4 nitrogen and oxygen atoms in total. The number of hydrogen-bond acceptors (Lipinski definition) is 4. The molecule has 0 aliphatic carbocycles. The Balaban J connectivity index is 1.90. The van der Waals surface area contributed by atoms with Gasteiger partial charge in [0.25, 0.3) is 0 Å². The third-order valence-corrected chi connectivity index (χ3v) is 5.10. The highest BCUT2D eigenvalue weighted by Crippen LogP contribution is 2.38. The SMILES string of the molecule is COc1ccc([C@@](C)(O)[C@@H](CN2CCOCC2)c2ccccc2)cc1. The molecule has 25 heavy (non-hydrogen) atoms. The second kappa shape index (κ2) is 8.00. The van der Waals surface area contributed by atoms with Gasteiger partial charge in [0.15, 0.2) is 0 Å². The number of benzene rings is 2. The number of hydrogen-bond donors (Lipinski definition) is 1. The molecule has 1 heterocycles. The molecule has 4 heteroatoms. The van der Waals surface area contributed by atoms with E-state index in [-0.39, 0.29) is 5.92 Å². The Kier molecular flexibility index (Phi) is 5.74. The average Bonchev–Trinajstić information content (AvgIpc) is 2.67. The molecular weight excluding hydrogens is 314 g/mol. The molecule has 1 N–H and O–H groups in total. The molecule has 3 rings (SSSR count). The number of rotatable bonds is 6. The lowest BCUT2D eigenvalue weighted by molar-refractivity contribution is -0.0107. The number of nitrogens with zero attached hydrogens (tertiary/aromatic N) is 1. The van der Waals surface area contributed by atoms with Gasteiger partial charge in [0.05, 0.1) is 25.9 Å². The van der Waals surface area contributed by atoms with Crippen molar-refractivity contribution in [1.82, 2.24) is 4.90 Å². The molecule has 0 aromatic heterocycles. The van der Waals surface area contributed by atoms with Crippen molar-refractivity contribution in [3.8, 4) is 5.75 Å². The van der Waals surface area contributed by atoms with Gasteiger partial charge < -0.3 is 14.6 Å². The fourth-order valence-electron chi connectivity index (χ4n) is 3.46. The first-order valence-corrected chi connectivity index (χ1v) is 8.83. The van der Waals surface area contributed by atoms with Crippen LogP contribution in [0.3, 0.4) is 0 Å². The minimum Gasteiger partial charge on any atom is -0.497 e. The van der Waals surface area contributed by atoms with Crippen LogP contribution >= 0.6 is 0 Å². The van der Waals surface area contributed by atoms with Gasteiger partial charge in [0, 0.05) is 25.6 Å². The predicted octanol–water partition coefficient (Wildman–Crippen LogP) is 3.02. The van der Waals surface area contributed by atoms with E-state index in [4.69, 9.17) is 9.47 Å². The molecule has 2 atom stereocenters. The second-order valence-electron chi connectivity index (χ2n) is 6.75. The maximum Gasteiger partial charge on any atom is 0.118 e. The van der Waals surface area contributed by atoms with Crippen molar-refractivity contribution in [3.05, 3.63) is 65.7 Å². The Morgan fingerprint density at radius 1 is 1.08 bits per heavy atom. The molecule has 1 aliphatic rings. The Morgan fingerprint density at radius 2 is 1.72 bits per heavy atom. The fraction of sp³-hybridized carbons (Fsp3) is 0.429. The zero-order valence-corrected chi connectivity index (χ0v) is 15.0.